The molecule has 0 aliphatic rings. The Morgan fingerprint density at radius 1 is 1.44 bits per heavy atom. The summed E-state index contributed by atoms with van der Waals surface area (Å²) in [6.45, 7) is 3.35. The normalized spacial score (nSPS) is 7.67. The molecule has 9 heavy (non-hydrogen) atoms. The number of nitrogens with zero attached hydrogens (tertiary/aromatic N) is 2. The summed E-state index contributed by atoms with van der Waals surface area (Å²) in [6.07, 6.45) is 4.80. The minimum atomic E-state index is 0.660. The Hall–Kier alpha value is -1.36. The number of hydrogen-bond acceptors (Lipinski definition) is 2. The van der Waals surface area contributed by atoms with Crippen molar-refractivity contribution in [2.75, 3.05) is 0 Å². The molecular formula is C7H5N2. The van der Waals surface area contributed by atoms with Crippen molar-refractivity contribution in [2.45, 2.75) is 0 Å². The van der Waals surface area contributed by atoms with Crippen LogP contribution >= 0.6 is 0 Å². The molecule has 0 fully saturated rings. The molecule has 0 bridgehead atoms. The molecule has 0 spiro atoms. The second-order valence-corrected chi connectivity index (χ2v) is 1.39. The molecule has 1 heterocycles. The fourth-order valence-electron chi connectivity index (χ4n) is 0.454. The smallest absolute Gasteiger partial charge is 0.131 e. The molecule has 0 unspecified atom stereocenters. The highest BCUT2D eigenvalue weighted by atomic mass is 14.7. The molecule has 43 valence electrons. The minimum absolute atomic E-state index is 0.660. The van der Waals surface area contributed by atoms with Gasteiger partial charge in [0.15, 0.2) is 0 Å². The highest BCUT2D eigenvalue weighted by Gasteiger charge is 1.80. The van der Waals surface area contributed by atoms with Crippen molar-refractivity contribution in [3.63, 3.8) is 0 Å². The fraction of sp³-hybridized carbons (Fsp3) is 0. The summed E-state index contributed by atoms with van der Waals surface area (Å²) in [5.74, 6) is 5.15. The van der Waals surface area contributed by atoms with E-state index < -0.39 is 0 Å². The van der Waals surface area contributed by atoms with E-state index in [0.717, 1.165) is 0 Å². The first kappa shape index (κ1) is 5.77. The average Bonchev–Trinajstić information content (AvgIpc) is 1.91. The lowest BCUT2D eigenvalue weighted by molar-refractivity contribution is 1.17. The number of rotatable bonds is 0. The molecule has 1 radical (unpaired) electrons. The largest absolute Gasteiger partial charge is 0.260 e. The van der Waals surface area contributed by atoms with E-state index in [1.54, 1.807) is 18.6 Å². The summed E-state index contributed by atoms with van der Waals surface area (Å²) < 4.78 is 0. The van der Waals surface area contributed by atoms with Crippen LogP contribution in [0, 0.1) is 18.8 Å². The lowest BCUT2D eigenvalue weighted by Gasteiger charge is -1.82. The highest BCUT2D eigenvalue weighted by Crippen LogP contribution is 1.83. The lowest BCUT2D eigenvalue weighted by Crippen LogP contribution is -1.80. The number of aromatic nitrogens is 2. The van der Waals surface area contributed by atoms with Crippen LogP contribution in [0.4, 0.5) is 0 Å². The van der Waals surface area contributed by atoms with E-state index in [4.69, 9.17) is 0 Å². The summed E-state index contributed by atoms with van der Waals surface area (Å²) in [6, 6.07) is 0. The van der Waals surface area contributed by atoms with Crippen LogP contribution in [-0.2, 0) is 0 Å². The summed E-state index contributed by atoms with van der Waals surface area (Å²) in [5.41, 5.74) is 0.660. The van der Waals surface area contributed by atoms with Gasteiger partial charge in [-0.2, -0.15) is 0 Å². The maximum atomic E-state index is 3.89. The van der Waals surface area contributed by atoms with Crippen LogP contribution in [0.3, 0.4) is 0 Å². The van der Waals surface area contributed by atoms with Gasteiger partial charge in [0.05, 0.1) is 6.20 Å². The quantitative estimate of drug-likeness (QED) is 0.466. The zero-order chi connectivity index (χ0) is 6.53. The van der Waals surface area contributed by atoms with Gasteiger partial charge < -0.3 is 0 Å². The zero-order valence-corrected chi connectivity index (χ0v) is 4.83. The SMILES string of the molecule is [CH2]C#Cc1cnccn1. The van der Waals surface area contributed by atoms with E-state index in [0.29, 0.717) is 5.69 Å². The Morgan fingerprint density at radius 2 is 2.33 bits per heavy atom. The first-order chi connectivity index (χ1) is 4.43. The molecule has 1 aromatic rings. The Labute approximate surface area is 54.0 Å². The van der Waals surface area contributed by atoms with E-state index >= 15 is 0 Å². The third-order valence-corrected chi connectivity index (χ3v) is 0.780. The van der Waals surface area contributed by atoms with E-state index in [1.807, 2.05) is 0 Å². The molecule has 1 aromatic heterocycles. The topological polar surface area (TPSA) is 25.8 Å². The summed E-state index contributed by atoms with van der Waals surface area (Å²) >= 11 is 0. The summed E-state index contributed by atoms with van der Waals surface area (Å²) in [5, 5.41) is 0. The third-order valence-electron chi connectivity index (χ3n) is 0.780. The van der Waals surface area contributed by atoms with Crippen molar-refractivity contribution in [1.29, 1.82) is 0 Å². The van der Waals surface area contributed by atoms with Crippen molar-refractivity contribution >= 4 is 0 Å². The van der Waals surface area contributed by atoms with Crippen LogP contribution in [0.5, 0.6) is 0 Å². The van der Waals surface area contributed by atoms with Gasteiger partial charge in [0.1, 0.15) is 5.69 Å². The predicted octanol–water partition coefficient (Wildman–Crippen LogP) is 0.662. The van der Waals surface area contributed by atoms with Crippen molar-refractivity contribution in [3.05, 3.63) is 31.2 Å². The van der Waals surface area contributed by atoms with Crippen LogP contribution in [0.25, 0.3) is 0 Å². The molecule has 0 aliphatic heterocycles. The first-order valence-corrected chi connectivity index (χ1v) is 2.47. The maximum Gasteiger partial charge on any atom is 0.131 e. The predicted molar refractivity (Wildman–Crippen MR) is 34.3 cm³/mol. The molecule has 0 saturated heterocycles. The molecule has 0 N–H and O–H groups in total. The van der Waals surface area contributed by atoms with Gasteiger partial charge >= 0.3 is 0 Å². The Bertz CT molecular complexity index is 230. The Balaban J connectivity index is 2.94. The average molecular weight is 117 g/mol. The van der Waals surface area contributed by atoms with E-state index in [-0.39, 0.29) is 0 Å². The summed E-state index contributed by atoms with van der Waals surface area (Å²) in [4.78, 5) is 7.70. The van der Waals surface area contributed by atoms with Crippen molar-refractivity contribution in [3.8, 4) is 11.8 Å². The van der Waals surface area contributed by atoms with E-state index in [1.165, 1.54) is 0 Å². The Morgan fingerprint density at radius 3 is 2.89 bits per heavy atom. The molecule has 0 aromatic carbocycles. The van der Waals surface area contributed by atoms with Crippen LogP contribution in [0.1, 0.15) is 5.69 Å². The van der Waals surface area contributed by atoms with Gasteiger partial charge in [-0.3, -0.25) is 4.98 Å². The molecule has 2 heteroatoms. The molecule has 0 aliphatic carbocycles. The van der Waals surface area contributed by atoms with Crippen molar-refractivity contribution in [1.82, 2.24) is 9.97 Å². The second kappa shape index (κ2) is 2.83. The molecule has 0 atom stereocenters. The molecule has 2 nitrogen and oxygen atoms in total. The molecule has 0 saturated carbocycles. The van der Waals surface area contributed by atoms with Crippen molar-refractivity contribution in [2.24, 2.45) is 0 Å². The molecule has 1 rings (SSSR count). The van der Waals surface area contributed by atoms with Crippen LogP contribution in [0.15, 0.2) is 18.6 Å². The molecular weight excluding hydrogens is 112 g/mol. The fourth-order valence-corrected chi connectivity index (χ4v) is 0.454. The van der Waals surface area contributed by atoms with E-state index in [9.17, 15) is 0 Å². The van der Waals surface area contributed by atoms with Gasteiger partial charge in [0, 0.05) is 19.3 Å². The second-order valence-electron chi connectivity index (χ2n) is 1.39. The summed E-state index contributed by atoms with van der Waals surface area (Å²) in [7, 11) is 0. The number of hydrogen-bond donors (Lipinski definition) is 0. The first-order valence-electron chi connectivity index (χ1n) is 2.47. The third kappa shape index (κ3) is 1.54. The van der Waals surface area contributed by atoms with Crippen molar-refractivity contribution < 1.29 is 0 Å². The van der Waals surface area contributed by atoms with E-state index in [2.05, 4.69) is 28.7 Å². The van der Waals surface area contributed by atoms with Crippen LogP contribution < -0.4 is 0 Å². The van der Waals surface area contributed by atoms with Crippen LogP contribution in [0.2, 0.25) is 0 Å². The molecule has 0 amide bonds. The van der Waals surface area contributed by atoms with Gasteiger partial charge in [-0.1, -0.05) is 5.92 Å². The Kier molecular flexibility index (Phi) is 1.81. The van der Waals surface area contributed by atoms with Gasteiger partial charge in [-0.05, 0) is 5.92 Å². The lowest BCUT2D eigenvalue weighted by atomic mass is 10.4. The van der Waals surface area contributed by atoms with Gasteiger partial charge in [0.2, 0.25) is 0 Å². The van der Waals surface area contributed by atoms with Gasteiger partial charge in [-0.25, -0.2) is 4.98 Å². The maximum absolute atomic E-state index is 3.89. The van der Waals surface area contributed by atoms with Crippen LogP contribution in [-0.4, -0.2) is 9.97 Å². The zero-order valence-electron chi connectivity index (χ0n) is 4.83. The van der Waals surface area contributed by atoms with Gasteiger partial charge in [-0.15, -0.1) is 0 Å². The highest BCUT2D eigenvalue weighted by molar-refractivity contribution is 5.24. The standard InChI is InChI=1S/C7H5N2/c1-2-3-7-6-8-4-5-9-7/h4-6H,1H2. The monoisotopic (exact) mass is 117 g/mol. The van der Waals surface area contributed by atoms with Gasteiger partial charge in [0.25, 0.3) is 0 Å². The minimum Gasteiger partial charge on any atom is -0.260 e.